The summed E-state index contributed by atoms with van der Waals surface area (Å²) < 4.78 is 11.5. The summed E-state index contributed by atoms with van der Waals surface area (Å²) >= 11 is 0. The van der Waals surface area contributed by atoms with Crippen molar-refractivity contribution in [1.82, 2.24) is 5.32 Å². The minimum atomic E-state index is -0.179. The van der Waals surface area contributed by atoms with Crippen LogP contribution in [0, 0.1) is 11.8 Å². The van der Waals surface area contributed by atoms with Crippen molar-refractivity contribution in [2.45, 2.75) is 51.7 Å². The molecule has 0 unspecified atom stereocenters. The Morgan fingerprint density at radius 1 is 1.18 bits per heavy atom. The SMILES string of the molecule is CC(C)CNCCC1CCC2(CC1)OCCO2. The van der Waals surface area contributed by atoms with E-state index in [0.717, 1.165) is 51.0 Å². The molecule has 2 fully saturated rings. The highest BCUT2D eigenvalue weighted by molar-refractivity contribution is 4.82. The van der Waals surface area contributed by atoms with Crippen LogP contribution in [-0.2, 0) is 9.47 Å². The van der Waals surface area contributed by atoms with Crippen molar-refractivity contribution < 1.29 is 9.47 Å². The lowest BCUT2D eigenvalue weighted by Gasteiger charge is -2.35. The molecule has 1 spiro atoms. The molecular weight excluding hydrogens is 214 g/mol. The number of hydrogen-bond acceptors (Lipinski definition) is 3. The third kappa shape index (κ3) is 3.94. The Kier molecular flexibility index (Phi) is 4.83. The van der Waals surface area contributed by atoms with E-state index in [1.54, 1.807) is 0 Å². The number of hydrogen-bond donors (Lipinski definition) is 1. The Bertz CT molecular complexity index is 214. The van der Waals surface area contributed by atoms with Gasteiger partial charge >= 0.3 is 0 Å². The van der Waals surface area contributed by atoms with Crippen LogP contribution in [0.25, 0.3) is 0 Å². The minimum Gasteiger partial charge on any atom is -0.348 e. The second kappa shape index (κ2) is 6.17. The molecule has 3 heteroatoms. The monoisotopic (exact) mass is 241 g/mol. The van der Waals surface area contributed by atoms with Gasteiger partial charge in [0.05, 0.1) is 13.2 Å². The molecule has 0 radical (unpaired) electrons. The van der Waals surface area contributed by atoms with Gasteiger partial charge in [0.15, 0.2) is 5.79 Å². The van der Waals surface area contributed by atoms with E-state index in [0.29, 0.717) is 0 Å². The van der Waals surface area contributed by atoms with Gasteiger partial charge in [-0.3, -0.25) is 0 Å². The molecule has 0 amide bonds. The molecule has 0 bridgehead atoms. The molecule has 1 saturated carbocycles. The zero-order valence-electron chi connectivity index (χ0n) is 11.3. The molecule has 2 aliphatic rings. The fraction of sp³-hybridized carbons (Fsp3) is 1.00. The second-order valence-electron chi connectivity index (χ2n) is 5.94. The van der Waals surface area contributed by atoms with Gasteiger partial charge in [0.1, 0.15) is 0 Å². The lowest BCUT2D eigenvalue weighted by atomic mass is 9.83. The minimum absolute atomic E-state index is 0.179. The summed E-state index contributed by atoms with van der Waals surface area (Å²) in [5.74, 6) is 1.44. The highest BCUT2D eigenvalue weighted by Gasteiger charge is 2.39. The van der Waals surface area contributed by atoms with Gasteiger partial charge in [-0.25, -0.2) is 0 Å². The zero-order chi connectivity index (χ0) is 12.1. The molecule has 1 N–H and O–H groups in total. The van der Waals surface area contributed by atoms with Gasteiger partial charge in [0.2, 0.25) is 0 Å². The van der Waals surface area contributed by atoms with E-state index in [1.807, 2.05) is 0 Å². The Morgan fingerprint density at radius 2 is 1.82 bits per heavy atom. The highest BCUT2D eigenvalue weighted by atomic mass is 16.7. The molecule has 2 rings (SSSR count). The maximum absolute atomic E-state index is 5.75. The second-order valence-corrected chi connectivity index (χ2v) is 5.94. The van der Waals surface area contributed by atoms with Crippen LogP contribution in [0.4, 0.5) is 0 Å². The highest BCUT2D eigenvalue weighted by Crippen LogP contribution is 2.39. The van der Waals surface area contributed by atoms with E-state index in [4.69, 9.17) is 9.47 Å². The van der Waals surface area contributed by atoms with Crippen LogP contribution in [0.1, 0.15) is 46.0 Å². The molecule has 0 aromatic heterocycles. The topological polar surface area (TPSA) is 30.5 Å². The van der Waals surface area contributed by atoms with Crippen molar-refractivity contribution in [3.8, 4) is 0 Å². The van der Waals surface area contributed by atoms with E-state index < -0.39 is 0 Å². The van der Waals surface area contributed by atoms with Crippen LogP contribution in [0.15, 0.2) is 0 Å². The largest absolute Gasteiger partial charge is 0.348 e. The van der Waals surface area contributed by atoms with Crippen molar-refractivity contribution in [2.75, 3.05) is 26.3 Å². The zero-order valence-corrected chi connectivity index (χ0v) is 11.3. The molecule has 0 aromatic carbocycles. The average Bonchev–Trinajstić information content (AvgIpc) is 2.75. The number of ether oxygens (including phenoxy) is 2. The third-order valence-corrected chi connectivity index (χ3v) is 3.96. The Hall–Kier alpha value is -0.120. The van der Waals surface area contributed by atoms with E-state index in [9.17, 15) is 0 Å². The molecule has 1 aliphatic carbocycles. The summed E-state index contributed by atoms with van der Waals surface area (Å²) in [6, 6.07) is 0. The maximum atomic E-state index is 5.75. The predicted molar refractivity (Wildman–Crippen MR) is 68.9 cm³/mol. The Balaban J connectivity index is 1.59. The summed E-state index contributed by atoms with van der Waals surface area (Å²) in [5, 5.41) is 3.53. The van der Waals surface area contributed by atoms with Gasteiger partial charge in [0.25, 0.3) is 0 Å². The third-order valence-electron chi connectivity index (χ3n) is 3.96. The van der Waals surface area contributed by atoms with Gasteiger partial charge < -0.3 is 14.8 Å². The van der Waals surface area contributed by atoms with Crippen molar-refractivity contribution in [2.24, 2.45) is 11.8 Å². The first kappa shape index (κ1) is 13.3. The first-order valence-electron chi connectivity index (χ1n) is 7.19. The molecule has 0 atom stereocenters. The summed E-state index contributed by atoms with van der Waals surface area (Å²) in [5.41, 5.74) is 0. The number of rotatable bonds is 5. The first-order chi connectivity index (χ1) is 8.20. The lowest BCUT2D eigenvalue weighted by Crippen LogP contribution is -2.35. The van der Waals surface area contributed by atoms with Crippen LogP contribution < -0.4 is 5.32 Å². The fourth-order valence-electron chi connectivity index (χ4n) is 2.89. The van der Waals surface area contributed by atoms with E-state index in [1.165, 1.54) is 19.3 Å². The summed E-state index contributed by atoms with van der Waals surface area (Å²) in [6.07, 6.45) is 6.04. The van der Waals surface area contributed by atoms with E-state index in [2.05, 4.69) is 19.2 Å². The molecular formula is C14H27NO2. The molecule has 1 heterocycles. The Morgan fingerprint density at radius 3 is 2.41 bits per heavy atom. The van der Waals surface area contributed by atoms with Crippen molar-refractivity contribution in [1.29, 1.82) is 0 Å². The van der Waals surface area contributed by atoms with Crippen LogP contribution in [0.3, 0.4) is 0 Å². The van der Waals surface area contributed by atoms with Gasteiger partial charge in [-0.05, 0) is 44.2 Å². The quantitative estimate of drug-likeness (QED) is 0.750. The molecule has 100 valence electrons. The summed E-state index contributed by atoms with van der Waals surface area (Å²) in [6.45, 7) is 8.40. The summed E-state index contributed by atoms with van der Waals surface area (Å²) in [7, 11) is 0. The smallest absolute Gasteiger partial charge is 0.168 e. The van der Waals surface area contributed by atoms with Crippen molar-refractivity contribution in [3.05, 3.63) is 0 Å². The van der Waals surface area contributed by atoms with Crippen LogP contribution in [0.5, 0.6) is 0 Å². The van der Waals surface area contributed by atoms with Gasteiger partial charge in [0, 0.05) is 12.8 Å². The van der Waals surface area contributed by atoms with Crippen LogP contribution in [0.2, 0.25) is 0 Å². The Labute approximate surface area is 105 Å². The average molecular weight is 241 g/mol. The number of nitrogens with one attached hydrogen (secondary N) is 1. The van der Waals surface area contributed by atoms with Crippen molar-refractivity contribution >= 4 is 0 Å². The normalized spacial score (nSPS) is 24.9. The van der Waals surface area contributed by atoms with E-state index in [-0.39, 0.29) is 5.79 Å². The first-order valence-corrected chi connectivity index (χ1v) is 7.19. The predicted octanol–water partition coefficient (Wildman–Crippen LogP) is 2.56. The van der Waals surface area contributed by atoms with Crippen LogP contribution >= 0.6 is 0 Å². The van der Waals surface area contributed by atoms with Crippen LogP contribution in [-0.4, -0.2) is 32.1 Å². The van der Waals surface area contributed by atoms with Crippen molar-refractivity contribution in [3.63, 3.8) is 0 Å². The van der Waals surface area contributed by atoms with Gasteiger partial charge in [-0.1, -0.05) is 13.8 Å². The van der Waals surface area contributed by atoms with Gasteiger partial charge in [-0.15, -0.1) is 0 Å². The molecule has 1 saturated heterocycles. The standard InChI is InChI=1S/C14H27NO2/c1-12(2)11-15-8-5-13-3-6-14(7-4-13)16-9-10-17-14/h12-13,15H,3-11H2,1-2H3. The molecule has 17 heavy (non-hydrogen) atoms. The maximum Gasteiger partial charge on any atom is 0.168 e. The lowest BCUT2D eigenvalue weighted by molar-refractivity contribution is -0.182. The molecule has 0 aromatic rings. The van der Waals surface area contributed by atoms with E-state index >= 15 is 0 Å². The fourth-order valence-corrected chi connectivity index (χ4v) is 2.89. The molecule has 1 aliphatic heterocycles. The summed E-state index contributed by atoms with van der Waals surface area (Å²) in [4.78, 5) is 0. The molecule has 3 nitrogen and oxygen atoms in total. The van der Waals surface area contributed by atoms with Gasteiger partial charge in [-0.2, -0.15) is 0 Å².